The van der Waals surface area contributed by atoms with Crippen molar-refractivity contribution in [3.05, 3.63) is 29.8 Å². The molecule has 21 heavy (non-hydrogen) atoms. The number of hydrogen-bond donors (Lipinski definition) is 1. The van der Waals surface area contributed by atoms with Gasteiger partial charge < -0.3 is 5.32 Å². The molecule has 1 atom stereocenters. The van der Waals surface area contributed by atoms with Crippen molar-refractivity contribution in [2.75, 3.05) is 31.6 Å². The molecule has 0 aromatic heterocycles. The largest absolute Gasteiger partial charge is 0.313 e. The molecule has 0 saturated carbocycles. The Morgan fingerprint density at radius 2 is 2.00 bits per heavy atom. The molecule has 1 aromatic rings. The second-order valence-corrected chi connectivity index (χ2v) is 8.93. The monoisotopic (exact) mass is 326 g/mol. The van der Waals surface area contributed by atoms with Gasteiger partial charge in [0.05, 0.1) is 6.26 Å². The first-order valence-electron chi connectivity index (χ1n) is 7.44. The second kappa shape index (κ2) is 6.28. The van der Waals surface area contributed by atoms with Gasteiger partial charge in [0.1, 0.15) is 0 Å². The van der Waals surface area contributed by atoms with E-state index >= 15 is 0 Å². The highest BCUT2D eigenvalue weighted by molar-refractivity contribution is 7.99. The van der Waals surface area contributed by atoms with E-state index in [0.717, 1.165) is 25.1 Å². The molecule has 0 aliphatic carbocycles. The van der Waals surface area contributed by atoms with Gasteiger partial charge in [-0.2, -0.15) is 0 Å². The van der Waals surface area contributed by atoms with E-state index in [2.05, 4.69) is 29.6 Å². The van der Waals surface area contributed by atoms with Gasteiger partial charge in [-0.25, -0.2) is 12.7 Å². The SMILES string of the molecule is CS(=O)(=O)N1CCC(NCC2CSc3ccccc32)CC1. The first kappa shape index (κ1) is 15.3. The van der Waals surface area contributed by atoms with E-state index in [4.69, 9.17) is 0 Å². The zero-order valence-corrected chi connectivity index (χ0v) is 13.9. The molecule has 1 N–H and O–H groups in total. The van der Waals surface area contributed by atoms with E-state index in [1.54, 1.807) is 4.31 Å². The van der Waals surface area contributed by atoms with Crippen LogP contribution in [-0.2, 0) is 10.0 Å². The summed E-state index contributed by atoms with van der Waals surface area (Å²) in [5.41, 5.74) is 1.46. The molecule has 0 radical (unpaired) electrons. The van der Waals surface area contributed by atoms with Crippen LogP contribution in [0.5, 0.6) is 0 Å². The number of nitrogens with zero attached hydrogens (tertiary/aromatic N) is 1. The van der Waals surface area contributed by atoms with Crippen LogP contribution < -0.4 is 5.32 Å². The van der Waals surface area contributed by atoms with Gasteiger partial charge in [-0.15, -0.1) is 11.8 Å². The Kier molecular flexibility index (Phi) is 4.59. The number of rotatable bonds is 4. The minimum Gasteiger partial charge on any atom is -0.313 e. The highest BCUT2D eigenvalue weighted by atomic mass is 32.2. The topological polar surface area (TPSA) is 49.4 Å². The maximum atomic E-state index is 11.5. The van der Waals surface area contributed by atoms with E-state index in [0.29, 0.717) is 25.0 Å². The summed E-state index contributed by atoms with van der Waals surface area (Å²) in [6, 6.07) is 9.09. The van der Waals surface area contributed by atoms with Gasteiger partial charge in [-0.1, -0.05) is 18.2 Å². The standard InChI is InChI=1S/C15H22N2O2S2/c1-21(18,19)17-8-6-13(7-9-17)16-10-12-11-20-15-5-3-2-4-14(12)15/h2-5,12-13,16H,6-11H2,1H3. The Bertz CT molecular complexity index is 595. The minimum absolute atomic E-state index is 0.445. The molecular formula is C15H22N2O2S2. The van der Waals surface area contributed by atoms with E-state index in [1.165, 1.54) is 16.7 Å². The summed E-state index contributed by atoms with van der Waals surface area (Å²) < 4.78 is 24.6. The van der Waals surface area contributed by atoms with Gasteiger partial charge >= 0.3 is 0 Å². The Balaban J connectivity index is 1.50. The molecule has 4 nitrogen and oxygen atoms in total. The van der Waals surface area contributed by atoms with E-state index < -0.39 is 10.0 Å². The predicted molar refractivity (Wildman–Crippen MR) is 87.3 cm³/mol. The highest BCUT2D eigenvalue weighted by Gasteiger charge is 2.27. The van der Waals surface area contributed by atoms with Crippen molar-refractivity contribution in [3.8, 4) is 0 Å². The normalized spacial score (nSPS) is 24.1. The molecule has 3 rings (SSSR count). The van der Waals surface area contributed by atoms with Gasteiger partial charge in [0.2, 0.25) is 10.0 Å². The Morgan fingerprint density at radius 1 is 1.29 bits per heavy atom. The number of piperidine rings is 1. The van der Waals surface area contributed by atoms with Gasteiger partial charge in [0.25, 0.3) is 0 Å². The molecule has 2 aliphatic heterocycles. The smallest absolute Gasteiger partial charge is 0.211 e. The van der Waals surface area contributed by atoms with Crippen LogP contribution in [0.3, 0.4) is 0 Å². The summed E-state index contributed by atoms with van der Waals surface area (Å²) in [7, 11) is -3.02. The number of thioether (sulfide) groups is 1. The van der Waals surface area contributed by atoms with E-state index in [1.807, 2.05) is 11.8 Å². The summed E-state index contributed by atoms with van der Waals surface area (Å²) in [4.78, 5) is 1.41. The third-order valence-corrected chi connectivity index (χ3v) is 6.93. The fourth-order valence-electron chi connectivity index (χ4n) is 3.10. The molecule has 0 bridgehead atoms. The maximum Gasteiger partial charge on any atom is 0.211 e. The summed E-state index contributed by atoms with van der Waals surface area (Å²) in [6.45, 7) is 2.28. The van der Waals surface area contributed by atoms with Crippen LogP contribution in [0, 0.1) is 0 Å². The molecule has 2 heterocycles. The summed E-state index contributed by atoms with van der Waals surface area (Å²) in [5.74, 6) is 1.73. The molecule has 1 aromatic carbocycles. The quantitative estimate of drug-likeness (QED) is 0.918. The van der Waals surface area contributed by atoms with Crippen LogP contribution in [0.4, 0.5) is 0 Å². The van der Waals surface area contributed by atoms with Gasteiger partial charge in [0, 0.05) is 42.2 Å². The number of fused-ring (bicyclic) bond motifs is 1. The van der Waals surface area contributed by atoms with Gasteiger partial charge in [-0.3, -0.25) is 0 Å². The maximum absolute atomic E-state index is 11.5. The third-order valence-electron chi connectivity index (χ3n) is 4.37. The van der Waals surface area contributed by atoms with Crippen LogP contribution in [0.1, 0.15) is 24.3 Å². The van der Waals surface area contributed by atoms with Crippen LogP contribution in [-0.4, -0.2) is 50.4 Å². The average Bonchev–Trinajstić information content (AvgIpc) is 2.88. The first-order chi connectivity index (χ1) is 10.0. The molecule has 6 heteroatoms. The summed E-state index contributed by atoms with van der Waals surface area (Å²) in [5, 5.41) is 3.64. The van der Waals surface area contributed by atoms with Gasteiger partial charge in [-0.05, 0) is 24.5 Å². The Labute approximate surface area is 131 Å². The number of hydrogen-bond acceptors (Lipinski definition) is 4. The lowest BCUT2D eigenvalue weighted by atomic mass is 10.00. The van der Waals surface area contributed by atoms with Crippen LogP contribution in [0.15, 0.2) is 29.2 Å². The van der Waals surface area contributed by atoms with Crippen LogP contribution in [0.25, 0.3) is 0 Å². The van der Waals surface area contributed by atoms with Gasteiger partial charge in [0.15, 0.2) is 0 Å². The molecule has 0 amide bonds. The minimum atomic E-state index is -3.02. The third kappa shape index (κ3) is 3.62. The average molecular weight is 326 g/mol. The zero-order valence-electron chi connectivity index (χ0n) is 12.3. The summed E-state index contributed by atoms with van der Waals surface area (Å²) in [6.07, 6.45) is 3.12. The van der Waals surface area contributed by atoms with Crippen molar-refractivity contribution >= 4 is 21.8 Å². The lowest BCUT2D eigenvalue weighted by Crippen LogP contribution is -2.45. The van der Waals surface area contributed by atoms with Crippen molar-refractivity contribution in [1.82, 2.24) is 9.62 Å². The molecule has 1 fully saturated rings. The van der Waals surface area contributed by atoms with Crippen molar-refractivity contribution in [2.45, 2.75) is 29.7 Å². The zero-order chi connectivity index (χ0) is 14.9. The fraction of sp³-hybridized carbons (Fsp3) is 0.600. The molecule has 116 valence electrons. The lowest BCUT2D eigenvalue weighted by Gasteiger charge is -2.31. The number of sulfonamides is 1. The molecule has 1 saturated heterocycles. The molecular weight excluding hydrogens is 304 g/mol. The Morgan fingerprint density at radius 3 is 2.71 bits per heavy atom. The van der Waals surface area contributed by atoms with Crippen LogP contribution >= 0.6 is 11.8 Å². The predicted octanol–water partition coefficient (Wildman–Crippen LogP) is 1.89. The molecule has 1 unspecified atom stereocenters. The fourth-order valence-corrected chi connectivity index (χ4v) is 5.23. The van der Waals surface area contributed by atoms with Crippen LogP contribution in [0.2, 0.25) is 0 Å². The second-order valence-electron chi connectivity index (χ2n) is 5.89. The number of benzene rings is 1. The van der Waals surface area contributed by atoms with Crippen molar-refractivity contribution < 1.29 is 8.42 Å². The van der Waals surface area contributed by atoms with E-state index in [9.17, 15) is 8.42 Å². The molecule has 0 spiro atoms. The Hall–Kier alpha value is -0.560. The highest BCUT2D eigenvalue weighted by Crippen LogP contribution is 2.38. The number of nitrogens with one attached hydrogen (secondary N) is 1. The first-order valence-corrected chi connectivity index (χ1v) is 10.3. The van der Waals surface area contributed by atoms with Crippen molar-refractivity contribution in [2.24, 2.45) is 0 Å². The van der Waals surface area contributed by atoms with Crippen molar-refractivity contribution in [1.29, 1.82) is 0 Å². The van der Waals surface area contributed by atoms with Crippen molar-refractivity contribution in [3.63, 3.8) is 0 Å². The summed E-state index contributed by atoms with van der Waals surface area (Å²) >= 11 is 1.94. The molecule has 2 aliphatic rings. The lowest BCUT2D eigenvalue weighted by molar-refractivity contribution is 0.289. The van der Waals surface area contributed by atoms with E-state index in [-0.39, 0.29) is 0 Å².